The summed E-state index contributed by atoms with van der Waals surface area (Å²) in [4.78, 5) is 11.8. The summed E-state index contributed by atoms with van der Waals surface area (Å²) < 4.78 is 24.7. The van der Waals surface area contributed by atoms with E-state index in [4.69, 9.17) is 0 Å². The van der Waals surface area contributed by atoms with Gasteiger partial charge in [-0.3, -0.25) is 9.10 Å². The third-order valence-electron chi connectivity index (χ3n) is 2.43. The van der Waals surface area contributed by atoms with Gasteiger partial charge >= 0.3 is 0 Å². The predicted molar refractivity (Wildman–Crippen MR) is 76.6 cm³/mol. The number of nitrogens with one attached hydrogen (secondary N) is 1. The zero-order valence-corrected chi connectivity index (χ0v) is 12.5. The molecule has 0 aliphatic carbocycles. The molecule has 0 unspecified atom stereocenters. The zero-order valence-electron chi connectivity index (χ0n) is 11.7. The van der Waals surface area contributed by atoms with Crippen molar-refractivity contribution < 1.29 is 13.2 Å². The molecule has 0 fully saturated rings. The molecule has 0 radical (unpaired) electrons. The Hall–Kier alpha value is -1.56. The molecule has 1 aromatic carbocycles. The van der Waals surface area contributed by atoms with Crippen LogP contribution in [0.5, 0.6) is 0 Å². The minimum absolute atomic E-state index is 0.0218. The summed E-state index contributed by atoms with van der Waals surface area (Å²) in [6, 6.07) is 7.04. The number of nitrogens with zero attached hydrogens (tertiary/aromatic N) is 1. The first-order valence-corrected chi connectivity index (χ1v) is 7.88. The van der Waals surface area contributed by atoms with Crippen LogP contribution < -0.4 is 9.62 Å². The minimum atomic E-state index is -3.49. The van der Waals surface area contributed by atoms with Gasteiger partial charge in [0.05, 0.1) is 11.9 Å². The monoisotopic (exact) mass is 284 g/mol. The number of amides is 1. The summed E-state index contributed by atoms with van der Waals surface area (Å²) >= 11 is 0. The van der Waals surface area contributed by atoms with E-state index in [1.54, 1.807) is 18.2 Å². The standard InChI is InChI=1S/C13H20N2O3S/c1-10(2)14-13(16)9-15(19(4,17)18)12-7-5-6-11(3)8-12/h5-8,10H,9H2,1-4H3,(H,14,16). The van der Waals surface area contributed by atoms with Crippen LogP contribution >= 0.6 is 0 Å². The van der Waals surface area contributed by atoms with Gasteiger partial charge in [-0.2, -0.15) is 0 Å². The molecule has 19 heavy (non-hydrogen) atoms. The van der Waals surface area contributed by atoms with Crippen LogP contribution in [0, 0.1) is 6.92 Å². The number of benzene rings is 1. The first kappa shape index (κ1) is 15.5. The summed E-state index contributed by atoms with van der Waals surface area (Å²) in [5, 5.41) is 2.68. The Morgan fingerprint density at radius 2 is 2.00 bits per heavy atom. The maximum absolute atomic E-state index is 11.8. The molecule has 0 aromatic heterocycles. The van der Waals surface area contributed by atoms with Crippen LogP contribution in [0.2, 0.25) is 0 Å². The lowest BCUT2D eigenvalue weighted by atomic mass is 10.2. The molecule has 0 heterocycles. The molecule has 0 saturated heterocycles. The number of rotatable bonds is 5. The van der Waals surface area contributed by atoms with E-state index in [1.165, 1.54) is 0 Å². The number of sulfonamides is 1. The number of anilines is 1. The average molecular weight is 284 g/mol. The van der Waals surface area contributed by atoms with Crippen LogP contribution in [0.1, 0.15) is 19.4 Å². The molecule has 0 aliphatic rings. The second kappa shape index (κ2) is 6.06. The molecule has 5 nitrogen and oxygen atoms in total. The second-order valence-electron chi connectivity index (χ2n) is 4.83. The molecule has 1 amide bonds. The van der Waals surface area contributed by atoms with E-state index in [0.29, 0.717) is 5.69 Å². The number of hydrogen-bond donors (Lipinski definition) is 1. The maximum atomic E-state index is 11.8. The fraction of sp³-hybridized carbons (Fsp3) is 0.462. The number of carbonyl (C=O) groups is 1. The topological polar surface area (TPSA) is 66.5 Å². The average Bonchev–Trinajstić information content (AvgIpc) is 2.23. The Balaban J connectivity index is 3.01. The van der Waals surface area contributed by atoms with Gasteiger partial charge in [0.15, 0.2) is 0 Å². The molecule has 106 valence electrons. The summed E-state index contributed by atoms with van der Waals surface area (Å²) in [5.74, 6) is -0.318. The molecule has 0 saturated carbocycles. The van der Waals surface area contributed by atoms with E-state index in [1.807, 2.05) is 26.8 Å². The molecule has 1 rings (SSSR count). The van der Waals surface area contributed by atoms with Gasteiger partial charge in [0.2, 0.25) is 15.9 Å². The van der Waals surface area contributed by atoms with Crippen LogP contribution in [-0.4, -0.2) is 33.2 Å². The molecule has 0 spiro atoms. The summed E-state index contributed by atoms with van der Waals surface area (Å²) in [6.07, 6.45) is 1.10. The minimum Gasteiger partial charge on any atom is -0.352 e. The lowest BCUT2D eigenvalue weighted by molar-refractivity contribution is -0.120. The van der Waals surface area contributed by atoms with Crippen LogP contribution in [0.3, 0.4) is 0 Å². The van der Waals surface area contributed by atoms with Crippen molar-refractivity contribution in [1.29, 1.82) is 0 Å². The highest BCUT2D eigenvalue weighted by atomic mass is 32.2. The van der Waals surface area contributed by atoms with E-state index < -0.39 is 10.0 Å². The molecule has 0 atom stereocenters. The van der Waals surface area contributed by atoms with E-state index in [2.05, 4.69) is 5.32 Å². The Morgan fingerprint density at radius 1 is 1.37 bits per heavy atom. The van der Waals surface area contributed by atoms with Crippen molar-refractivity contribution in [2.45, 2.75) is 26.8 Å². The van der Waals surface area contributed by atoms with Gasteiger partial charge in [0.1, 0.15) is 6.54 Å². The third-order valence-corrected chi connectivity index (χ3v) is 3.57. The molecule has 0 bridgehead atoms. The maximum Gasteiger partial charge on any atom is 0.240 e. The molecule has 0 aliphatic heterocycles. The van der Waals surface area contributed by atoms with Crippen molar-refractivity contribution in [2.24, 2.45) is 0 Å². The zero-order chi connectivity index (χ0) is 14.6. The van der Waals surface area contributed by atoms with E-state index in [9.17, 15) is 13.2 Å². The SMILES string of the molecule is Cc1cccc(N(CC(=O)NC(C)C)S(C)(=O)=O)c1. The molecular weight excluding hydrogens is 264 g/mol. The highest BCUT2D eigenvalue weighted by Crippen LogP contribution is 2.18. The Bertz CT molecular complexity index is 553. The van der Waals surface area contributed by atoms with Gasteiger partial charge in [0, 0.05) is 6.04 Å². The lowest BCUT2D eigenvalue weighted by Gasteiger charge is -2.22. The van der Waals surface area contributed by atoms with Gasteiger partial charge in [-0.05, 0) is 38.5 Å². The number of carbonyl (C=O) groups excluding carboxylic acids is 1. The van der Waals surface area contributed by atoms with Crippen molar-refractivity contribution in [3.63, 3.8) is 0 Å². The van der Waals surface area contributed by atoms with Crippen LogP contribution in [0.4, 0.5) is 5.69 Å². The normalized spacial score (nSPS) is 11.4. The van der Waals surface area contributed by atoms with Gasteiger partial charge in [-0.25, -0.2) is 8.42 Å². The third kappa shape index (κ3) is 4.90. The molecule has 6 heteroatoms. The lowest BCUT2D eigenvalue weighted by Crippen LogP contribution is -2.42. The predicted octanol–water partition coefficient (Wildman–Crippen LogP) is 1.29. The Labute approximate surface area is 114 Å². The van der Waals surface area contributed by atoms with Crippen LogP contribution in [-0.2, 0) is 14.8 Å². The fourth-order valence-corrected chi connectivity index (χ4v) is 2.53. The number of aryl methyl sites for hydroxylation is 1. The van der Waals surface area contributed by atoms with Crippen molar-refractivity contribution in [3.8, 4) is 0 Å². The largest absolute Gasteiger partial charge is 0.352 e. The van der Waals surface area contributed by atoms with Gasteiger partial charge in [0.25, 0.3) is 0 Å². The van der Waals surface area contributed by atoms with Gasteiger partial charge in [-0.15, -0.1) is 0 Å². The van der Waals surface area contributed by atoms with Crippen molar-refractivity contribution in [3.05, 3.63) is 29.8 Å². The molecular formula is C13H20N2O3S. The second-order valence-corrected chi connectivity index (χ2v) is 6.74. The van der Waals surface area contributed by atoms with E-state index >= 15 is 0 Å². The van der Waals surface area contributed by atoms with Crippen LogP contribution in [0.25, 0.3) is 0 Å². The van der Waals surface area contributed by atoms with Crippen molar-refractivity contribution in [2.75, 3.05) is 17.1 Å². The summed E-state index contributed by atoms with van der Waals surface area (Å²) in [7, 11) is -3.49. The fourth-order valence-electron chi connectivity index (χ4n) is 1.68. The highest BCUT2D eigenvalue weighted by Gasteiger charge is 2.20. The quantitative estimate of drug-likeness (QED) is 0.886. The van der Waals surface area contributed by atoms with Crippen molar-refractivity contribution >= 4 is 21.6 Å². The highest BCUT2D eigenvalue weighted by molar-refractivity contribution is 7.92. The van der Waals surface area contributed by atoms with Gasteiger partial charge < -0.3 is 5.32 Å². The summed E-state index contributed by atoms with van der Waals surface area (Å²) in [5.41, 5.74) is 1.44. The molecule has 1 aromatic rings. The van der Waals surface area contributed by atoms with E-state index in [0.717, 1.165) is 16.1 Å². The summed E-state index contributed by atoms with van der Waals surface area (Å²) in [6.45, 7) is 5.32. The van der Waals surface area contributed by atoms with Gasteiger partial charge in [-0.1, -0.05) is 12.1 Å². The molecule has 1 N–H and O–H groups in total. The number of hydrogen-bond acceptors (Lipinski definition) is 3. The van der Waals surface area contributed by atoms with Crippen LogP contribution in [0.15, 0.2) is 24.3 Å². The van der Waals surface area contributed by atoms with E-state index in [-0.39, 0.29) is 18.5 Å². The Kier molecular flexibility index (Phi) is 4.94. The van der Waals surface area contributed by atoms with Crippen molar-refractivity contribution in [1.82, 2.24) is 5.32 Å². The first-order valence-electron chi connectivity index (χ1n) is 6.04. The smallest absolute Gasteiger partial charge is 0.240 e. The Morgan fingerprint density at radius 3 is 2.47 bits per heavy atom. The first-order chi connectivity index (χ1) is 8.70.